The van der Waals surface area contributed by atoms with Gasteiger partial charge in [-0.25, -0.2) is 0 Å². The summed E-state index contributed by atoms with van der Waals surface area (Å²) < 4.78 is 0. The first-order chi connectivity index (χ1) is 10.9. The Morgan fingerprint density at radius 2 is 2.09 bits per heavy atom. The lowest BCUT2D eigenvalue weighted by Gasteiger charge is -2.48. The number of nitrogens with zero attached hydrogens (tertiary/aromatic N) is 2. The molecule has 124 valence electrons. The van der Waals surface area contributed by atoms with E-state index in [-0.39, 0.29) is 11.9 Å². The highest BCUT2D eigenvalue weighted by atomic mass is 16.2. The van der Waals surface area contributed by atoms with E-state index < -0.39 is 5.54 Å². The second-order valence-corrected chi connectivity index (χ2v) is 5.95. The van der Waals surface area contributed by atoms with Crippen molar-refractivity contribution < 1.29 is 4.79 Å². The molecule has 6 heteroatoms. The normalized spacial score (nSPS) is 21.6. The lowest BCUT2D eigenvalue weighted by atomic mass is 9.83. The van der Waals surface area contributed by atoms with Gasteiger partial charge in [-0.2, -0.15) is 0 Å². The zero-order valence-corrected chi connectivity index (χ0v) is 14.2. The molecule has 3 N–H and O–H groups in total. The number of nitrogens with one attached hydrogen (secondary N) is 3. The highest BCUT2D eigenvalue weighted by Crippen LogP contribution is 2.37. The molecular formula is C17H25N5O. The van der Waals surface area contributed by atoms with Gasteiger partial charge in [-0.05, 0) is 32.4 Å². The first kappa shape index (κ1) is 17.0. The summed E-state index contributed by atoms with van der Waals surface area (Å²) >= 11 is 0. The maximum absolute atomic E-state index is 12.3. The fraction of sp³-hybridized carbons (Fsp3) is 0.471. The topological polar surface area (TPSA) is 83.3 Å². The SMILES string of the molecule is CCNc1cc([C@]2(C)CC(=O)N(C)C(=N)N2CC)ccc1C=N. The monoisotopic (exact) mass is 315 g/mol. The molecule has 2 rings (SSSR count). The molecule has 1 amide bonds. The number of benzene rings is 1. The number of guanidine groups is 1. The largest absolute Gasteiger partial charge is 0.385 e. The number of carbonyl (C=O) groups is 1. The number of hydrogen-bond donors (Lipinski definition) is 3. The van der Waals surface area contributed by atoms with Gasteiger partial charge in [0.25, 0.3) is 0 Å². The third-order valence-electron chi connectivity index (χ3n) is 4.55. The first-order valence-corrected chi connectivity index (χ1v) is 7.90. The molecule has 0 radical (unpaired) electrons. The summed E-state index contributed by atoms with van der Waals surface area (Å²) in [5.74, 6) is 0.177. The van der Waals surface area contributed by atoms with Crippen LogP contribution in [0, 0.1) is 10.8 Å². The zero-order valence-electron chi connectivity index (χ0n) is 14.2. The van der Waals surface area contributed by atoms with Crippen molar-refractivity contribution in [2.75, 3.05) is 25.5 Å². The van der Waals surface area contributed by atoms with Gasteiger partial charge in [-0.15, -0.1) is 0 Å². The van der Waals surface area contributed by atoms with E-state index in [0.717, 1.165) is 23.4 Å². The molecule has 1 saturated heterocycles. The third-order valence-corrected chi connectivity index (χ3v) is 4.55. The van der Waals surface area contributed by atoms with Crippen LogP contribution in [0.15, 0.2) is 18.2 Å². The highest BCUT2D eigenvalue weighted by Gasteiger charge is 2.43. The summed E-state index contributed by atoms with van der Waals surface area (Å²) in [6.45, 7) is 7.42. The lowest BCUT2D eigenvalue weighted by Crippen LogP contribution is -2.60. The fourth-order valence-electron chi connectivity index (χ4n) is 3.16. The summed E-state index contributed by atoms with van der Waals surface area (Å²) in [6, 6.07) is 5.85. The molecule has 0 aromatic heterocycles. The molecule has 1 aromatic carbocycles. The van der Waals surface area contributed by atoms with Gasteiger partial charge in [0.1, 0.15) is 0 Å². The minimum Gasteiger partial charge on any atom is -0.385 e. The van der Waals surface area contributed by atoms with Gasteiger partial charge in [0.2, 0.25) is 11.9 Å². The van der Waals surface area contributed by atoms with Crippen molar-refractivity contribution in [3.05, 3.63) is 29.3 Å². The van der Waals surface area contributed by atoms with Crippen LogP contribution in [0.5, 0.6) is 0 Å². The molecule has 1 heterocycles. The van der Waals surface area contributed by atoms with Crippen molar-refractivity contribution in [2.24, 2.45) is 0 Å². The maximum Gasteiger partial charge on any atom is 0.231 e. The Hall–Kier alpha value is -2.37. The quantitative estimate of drug-likeness (QED) is 0.730. The number of rotatable bonds is 5. The van der Waals surface area contributed by atoms with E-state index in [9.17, 15) is 4.79 Å². The van der Waals surface area contributed by atoms with Gasteiger partial charge in [0.05, 0.1) is 12.0 Å². The van der Waals surface area contributed by atoms with Gasteiger partial charge in [0.15, 0.2) is 0 Å². The molecule has 0 saturated carbocycles. The van der Waals surface area contributed by atoms with Gasteiger partial charge in [-0.3, -0.25) is 15.1 Å². The maximum atomic E-state index is 12.3. The molecular weight excluding hydrogens is 290 g/mol. The zero-order chi connectivity index (χ0) is 17.2. The lowest BCUT2D eigenvalue weighted by molar-refractivity contribution is -0.132. The van der Waals surface area contributed by atoms with Crippen molar-refractivity contribution in [3.8, 4) is 0 Å². The van der Waals surface area contributed by atoms with E-state index in [1.807, 2.05) is 43.9 Å². The van der Waals surface area contributed by atoms with Gasteiger partial charge in [-0.1, -0.05) is 12.1 Å². The molecule has 0 bridgehead atoms. The highest BCUT2D eigenvalue weighted by molar-refractivity contribution is 5.99. The van der Waals surface area contributed by atoms with E-state index in [0.29, 0.717) is 13.0 Å². The molecule has 0 aliphatic carbocycles. The van der Waals surface area contributed by atoms with Crippen LogP contribution < -0.4 is 5.32 Å². The number of hydrogen-bond acceptors (Lipinski definition) is 4. The molecule has 1 aliphatic heterocycles. The van der Waals surface area contributed by atoms with Crippen molar-refractivity contribution in [3.63, 3.8) is 0 Å². The van der Waals surface area contributed by atoms with Crippen LogP contribution >= 0.6 is 0 Å². The van der Waals surface area contributed by atoms with Gasteiger partial charge < -0.3 is 15.6 Å². The summed E-state index contributed by atoms with van der Waals surface area (Å²) in [5.41, 5.74) is 2.12. The minimum atomic E-state index is -0.555. The van der Waals surface area contributed by atoms with Crippen LogP contribution in [0.3, 0.4) is 0 Å². The molecule has 6 nitrogen and oxygen atoms in total. The Labute approximate surface area is 137 Å². The van der Waals surface area contributed by atoms with Crippen LogP contribution in [0.2, 0.25) is 0 Å². The van der Waals surface area contributed by atoms with Gasteiger partial charge in [0, 0.05) is 37.6 Å². The average molecular weight is 315 g/mol. The van der Waals surface area contributed by atoms with Crippen LogP contribution in [-0.4, -0.2) is 48.0 Å². The molecule has 1 aliphatic rings. The second kappa shape index (κ2) is 6.40. The number of carbonyl (C=O) groups excluding carboxylic acids is 1. The van der Waals surface area contributed by atoms with E-state index in [1.165, 1.54) is 11.1 Å². The van der Waals surface area contributed by atoms with E-state index in [4.69, 9.17) is 10.8 Å². The van der Waals surface area contributed by atoms with E-state index in [2.05, 4.69) is 5.32 Å². The Bertz CT molecular complexity index is 642. The van der Waals surface area contributed by atoms with Crippen molar-refractivity contribution >= 4 is 23.8 Å². The van der Waals surface area contributed by atoms with E-state index in [1.54, 1.807) is 7.05 Å². The van der Waals surface area contributed by atoms with Crippen molar-refractivity contribution in [1.82, 2.24) is 9.80 Å². The predicted molar refractivity (Wildman–Crippen MR) is 93.3 cm³/mol. The minimum absolute atomic E-state index is 0.0525. The van der Waals surface area contributed by atoms with Crippen LogP contribution in [0.25, 0.3) is 0 Å². The molecule has 0 spiro atoms. The van der Waals surface area contributed by atoms with Crippen LogP contribution in [0.4, 0.5) is 5.69 Å². The molecule has 1 atom stereocenters. The predicted octanol–water partition coefficient (Wildman–Crippen LogP) is 2.45. The third kappa shape index (κ3) is 2.81. The summed E-state index contributed by atoms with van der Waals surface area (Å²) in [7, 11) is 1.65. The standard InChI is InChI=1S/C17H25N5O/c1-5-20-14-9-13(8-7-12(14)11-18)17(3)10-15(23)21(4)16(19)22(17)6-2/h7-9,11,18-20H,5-6,10H2,1-4H3/t17-/m0/s1. The summed E-state index contributed by atoms with van der Waals surface area (Å²) in [5, 5.41) is 19.1. The number of amides is 1. The molecule has 1 aromatic rings. The Morgan fingerprint density at radius 1 is 1.39 bits per heavy atom. The fourth-order valence-corrected chi connectivity index (χ4v) is 3.16. The van der Waals surface area contributed by atoms with Crippen LogP contribution in [-0.2, 0) is 10.3 Å². The molecule has 0 unspecified atom stereocenters. The summed E-state index contributed by atoms with van der Waals surface area (Å²) in [4.78, 5) is 15.6. The Kier molecular flexibility index (Phi) is 4.73. The summed E-state index contributed by atoms with van der Waals surface area (Å²) in [6.07, 6.45) is 1.65. The Morgan fingerprint density at radius 3 is 2.65 bits per heavy atom. The molecule has 23 heavy (non-hydrogen) atoms. The molecule has 1 fully saturated rings. The van der Waals surface area contributed by atoms with Crippen molar-refractivity contribution in [1.29, 1.82) is 10.8 Å². The van der Waals surface area contributed by atoms with E-state index >= 15 is 0 Å². The van der Waals surface area contributed by atoms with Crippen molar-refractivity contribution in [2.45, 2.75) is 32.7 Å². The smallest absolute Gasteiger partial charge is 0.231 e. The number of anilines is 1. The second-order valence-electron chi connectivity index (χ2n) is 5.95. The first-order valence-electron chi connectivity index (χ1n) is 7.90. The Balaban J connectivity index is 2.53. The average Bonchev–Trinajstić information content (AvgIpc) is 2.53. The van der Waals surface area contributed by atoms with Crippen LogP contribution in [0.1, 0.15) is 38.3 Å². The van der Waals surface area contributed by atoms with Gasteiger partial charge >= 0.3 is 0 Å².